The summed E-state index contributed by atoms with van der Waals surface area (Å²) in [6.07, 6.45) is 4.55. The molecule has 2 aromatic carbocycles. The van der Waals surface area contributed by atoms with Gasteiger partial charge in [-0.25, -0.2) is 14.3 Å². The highest BCUT2D eigenvalue weighted by atomic mass is 16.2. The van der Waals surface area contributed by atoms with Crippen LogP contribution in [0, 0.1) is 0 Å². The SMILES string of the molecule is CCN(CC)CCC(=O)NCc1cn(-c2ccc3cc4ccc(-n5cc(CNC(=O)CCN(CC)CC)nn5)cc4nc3c2)nn1. The van der Waals surface area contributed by atoms with Crippen molar-refractivity contribution >= 4 is 33.6 Å². The average molecular weight is 626 g/mol. The Morgan fingerprint density at radius 3 is 1.50 bits per heavy atom. The summed E-state index contributed by atoms with van der Waals surface area (Å²) in [4.78, 5) is 33.9. The summed E-state index contributed by atoms with van der Waals surface area (Å²) in [7, 11) is 0. The lowest BCUT2D eigenvalue weighted by Gasteiger charge is -2.17. The maximum Gasteiger partial charge on any atom is 0.221 e. The first-order valence-electron chi connectivity index (χ1n) is 16.0. The Morgan fingerprint density at radius 2 is 1.09 bits per heavy atom. The van der Waals surface area contributed by atoms with Crippen LogP contribution in [-0.4, -0.2) is 95.9 Å². The van der Waals surface area contributed by atoms with Gasteiger partial charge in [0.05, 0.1) is 47.9 Å². The highest BCUT2D eigenvalue weighted by Gasteiger charge is 2.11. The minimum atomic E-state index is -0.00195. The summed E-state index contributed by atoms with van der Waals surface area (Å²) in [5.41, 5.74) is 4.63. The van der Waals surface area contributed by atoms with Crippen LogP contribution >= 0.6 is 0 Å². The van der Waals surface area contributed by atoms with Gasteiger partial charge < -0.3 is 20.4 Å². The molecule has 2 amide bonds. The molecule has 0 aliphatic carbocycles. The first kappa shape index (κ1) is 32.6. The molecule has 0 bridgehead atoms. The van der Waals surface area contributed by atoms with Crippen molar-refractivity contribution in [2.75, 3.05) is 39.3 Å². The molecular formula is C33H43N11O2. The number of pyridine rings is 1. The van der Waals surface area contributed by atoms with Gasteiger partial charge in [-0.05, 0) is 56.5 Å². The van der Waals surface area contributed by atoms with Gasteiger partial charge in [0, 0.05) is 36.7 Å². The Balaban J connectivity index is 1.23. The van der Waals surface area contributed by atoms with Gasteiger partial charge in [-0.15, -0.1) is 10.2 Å². The van der Waals surface area contributed by atoms with Crippen LogP contribution in [0.4, 0.5) is 0 Å². The van der Waals surface area contributed by atoms with Gasteiger partial charge in [0.15, 0.2) is 0 Å². The summed E-state index contributed by atoms with van der Waals surface area (Å²) < 4.78 is 3.39. The maximum atomic E-state index is 12.3. The van der Waals surface area contributed by atoms with Gasteiger partial charge in [0.2, 0.25) is 11.8 Å². The summed E-state index contributed by atoms with van der Waals surface area (Å²) in [6, 6.07) is 14.0. The normalized spacial score (nSPS) is 11.6. The Labute approximate surface area is 269 Å². The molecule has 0 spiro atoms. The Morgan fingerprint density at radius 1 is 0.652 bits per heavy atom. The molecule has 13 heteroatoms. The van der Waals surface area contributed by atoms with E-state index in [0.29, 0.717) is 37.3 Å². The minimum absolute atomic E-state index is 0.00195. The van der Waals surface area contributed by atoms with Gasteiger partial charge in [-0.1, -0.05) is 50.3 Å². The van der Waals surface area contributed by atoms with Crippen molar-refractivity contribution in [3.05, 3.63) is 66.2 Å². The fourth-order valence-electron chi connectivity index (χ4n) is 5.25. The average Bonchev–Trinajstić information content (AvgIpc) is 3.76. The number of rotatable bonds is 16. The smallest absolute Gasteiger partial charge is 0.221 e. The van der Waals surface area contributed by atoms with Gasteiger partial charge in [-0.2, -0.15) is 0 Å². The van der Waals surface area contributed by atoms with E-state index in [-0.39, 0.29) is 11.8 Å². The first-order valence-corrected chi connectivity index (χ1v) is 16.0. The number of carbonyl (C=O) groups excluding carboxylic acids is 2. The lowest BCUT2D eigenvalue weighted by Crippen LogP contribution is -2.30. The van der Waals surface area contributed by atoms with Crippen LogP contribution in [0.1, 0.15) is 51.9 Å². The van der Waals surface area contributed by atoms with Crippen molar-refractivity contribution in [3.63, 3.8) is 0 Å². The van der Waals surface area contributed by atoms with Crippen LogP contribution in [0.15, 0.2) is 54.9 Å². The number of nitrogens with zero attached hydrogens (tertiary/aromatic N) is 9. The third-order valence-electron chi connectivity index (χ3n) is 8.22. The molecule has 5 rings (SSSR count). The van der Waals surface area contributed by atoms with Gasteiger partial charge >= 0.3 is 0 Å². The highest BCUT2D eigenvalue weighted by Crippen LogP contribution is 2.24. The number of fused-ring (bicyclic) bond motifs is 2. The zero-order valence-electron chi connectivity index (χ0n) is 27.1. The van der Waals surface area contributed by atoms with E-state index in [9.17, 15) is 9.59 Å². The molecule has 0 saturated carbocycles. The predicted octanol–water partition coefficient (Wildman–Crippen LogP) is 3.25. The van der Waals surface area contributed by atoms with E-state index < -0.39 is 0 Å². The highest BCUT2D eigenvalue weighted by molar-refractivity contribution is 5.94. The molecule has 242 valence electrons. The fourth-order valence-corrected chi connectivity index (χ4v) is 5.25. The van der Waals surface area contributed by atoms with Crippen molar-refractivity contribution in [1.82, 2.24) is 55.4 Å². The third kappa shape index (κ3) is 8.29. The van der Waals surface area contributed by atoms with Crippen molar-refractivity contribution < 1.29 is 9.59 Å². The van der Waals surface area contributed by atoms with E-state index in [1.54, 1.807) is 9.36 Å². The number of carbonyl (C=O) groups is 2. The van der Waals surface area contributed by atoms with Crippen LogP contribution in [0.25, 0.3) is 33.2 Å². The van der Waals surface area contributed by atoms with E-state index in [4.69, 9.17) is 4.98 Å². The van der Waals surface area contributed by atoms with Crippen LogP contribution in [0.3, 0.4) is 0 Å². The quantitative estimate of drug-likeness (QED) is 0.158. The van der Waals surface area contributed by atoms with Crippen molar-refractivity contribution in [2.45, 2.75) is 53.6 Å². The Bertz CT molecular complexity index is 1650. The van der Waals surface area contributed by atoms with Gasteiger partial charge in [0.1, 0.15) is 11.4 Å². The molecule has 2 N–H and O–H groups in total. The number of aromatic nitrogens is 7. The first-order chi connectivity index (χ1) is 22.4. The summed E-state index contributed by atoms with van der Waals surface area (Å²) in [5.74, 6) is -0.00390. The molecular weight excluding hydrogens is 582 g/mol. The third-order valence-corrected chi connectivity index (χ3v) is 8.22. The number of hydrogen-bond donors (Lipinski definition) is 2. The van der Waals surface area contributed by atoms with E-state index in [1.165, 1.54) is 0 Å². The van der Waals surface area contributed by atoms with Gasteiger partial charge in [0.25, 0.3) is 0 Å². The van der Waals surface area contributed by atoms with E-state index in [1.807, 2.05) is 48.8 Å². The molecule has 0 atom stereocenters. The zero-order valence-corrected chi connectivity index (χ0v) is 27.1. The maximum absolute atomic E-state index is 12.3. The lowest BCUT2D eigenvalue weighted by molar-refractivity contribution is -0.122. The van der Waals surface area contributed by atoms with E-state index >= 15 is 0 Å². The van der Waals surface area contributed by atoms with Crippen LogP contribution in [-0.2, 0) is 22.7 Å². The molecule has 0 saturated heterocycles. The predicted molar refractivity (Wildman–Crippen MR) is 178 cm³/mol. The van der Waals surface area contributed by atoms with E-state index in [0.717, 1.165) is 72.4 Å². The number of amides is 2. The molecule has 5 aromatic rings. The zero-order chi connectivity index (χ0) is 32.5. The summed E-state index contributed by atoms with van der Waals surface area (Å²) >= 11 is 0. The molecule has 3 heterocycles. The lowest BCUT2D eigenvalue weighted by atomic mass is 10.1. The van der Waals surface area contributed by atoms with Crippen LogP contribution in [0.2, 0.25) is 0 Å². The minimum Gasteiger partial charge on any atom is -0.350 e. The molecule has 0 unspecified atom stereocenters. The summed E-state index contributed by atoms with van der Waals surface area (Å²) in [5, 5.41) is 24.9. The topological polar surface area (TPSA) is 139 Å². The second-order valence-corrected chi connectivity index (χ2v) is 11.2. The monoisotopic (exact) mass is 625 g/mol. The second kappa shape index (κ2) is 15.5. The largest absolute Gasteiger partial charge is 0.350 e. The number of nitrogens with one attached hydrogen (secondary N) is 2. The van der Waals surface area contributed by atoms with Crippen LogP contribution in [0.5, 0.6) is 0 Å². The fraction of sp³-hybridized carbons (Fsp3) is 0.424. The number of benzene rings is 2. The van der Waals surface area contributed by atoms with Crippen molar-refractivity contribution in [2.24, 2.45) is 0 Å². The molecule has 0 aliphatic rings. The molecule has 46 heavy (non-hydrogen) atoms. The number of hydrogen-bond acceptors (Lipinski definition) is 9. The molecule has 0 fully saturated rings. The molecule has 0 aliphatic heterocycles. The Hall–Kier alpha value is -4.75. The van der Waals surface area contributed by atoms with Crippen molar-refractivity contribution in [1.29, 1.82) is 0 Å². The van der Waals surface area contributed by atoms with Crippen LogP contribution < -0.4 is 10.6 Å². The Kier molecular flexibility index (Phi) is 11.0. The molecule has 3 aromatic heterocycles. The second-order valence-electron chi connectivity index (χ2n) is 11.2. The van der Waals surface area contributed by atoms with Gasteiger partial charge in [-0.3, -0.25) is 9.59 Å². The molecule has 0 radical (unpaired) electrons. The summed E-state index contributed by atoms with van der Waals surface area (Å²) in [6.45, 7) is 14.2. The standard InChI is InChI=1S/C33H43N11O2/c1-5-41(6-2)15-13-32(45)34-20-26-22-43(39-37-26)28-11-9-24-17-25-10-12-29(19-31(25)36-30(24)18-28)44-23-27(38-40-44)21-35-33(46)14-16-42(7-3)8-4/h9-12,17-19,22-23H,5-8,13-16,20-21H2,1-4H3,(H,34,45)(H,35,46). The van der Waals surface area contributed by atoms with Crippen molar-refractivity contribution in [3.8, 4) is 11.4 Å². The van der Waals surface area contributed by atoms with E-state index in [2.05, 4.69) is 74.8 Å². The molecule has 13 nitrogen and oxygen atoms in total.